The zero-order valence-electron chi connectivity index (χ0n) is 15.0. The molecule has 5 heteroatoms. The smallest absolute Gasteiger partial charge is 0.139 e. The normalized spacial score (nSPS) is 16.0. The lowest BCUT2D eigenvalue weighted by Gasteiger charge is -2.34. The first-order valence-corrected chi connectivity index (χ1v) is 9.29. The molecule has 2 aromatic heterocycles. The van der Waals surface area contributed by atoms with Gasteiger partial charge in [-0.2, -0.15) is 0 Å². The Bertz CT molecular complexity index is 792. The molecule has 0 spiro atoms. The third-order valence-corrected chi connectivity index (χ3v) is 5.00. The van der Waals surface area contributed by atoms with Gasteiger partial charge in [-0.15, -0.1) is 0 Å². The van der Waals surface area contributed by atoms with Crippen LogP contribution < -0.4 is 0 Å². The maximum atomic E-state index is 4.54. The molecule has 0 N–H and O–H groups in total. The molecular formula is C21H25N5. The number of hydrogen-bond donors (Lipinski definition) is 0. The first-order valence-electron chi connectivity index (χ1n) is 9.29. The molecule has 134 valence electrons. The topological polar surface area (TPSA) is 37.2 Å². The van der Waals surface area contributed by atoms with Crippen LogP contribution in [0, 0.1) is 0 Å². The summed E-state index contributed by atoms with van der Waals surface area (Å²) in [6, 6.07) is 14.6. The average molecular weight is 347 g/mol. The van der Waals surface area contributed by atoms with Gasteiger partial charge < -0.3 is 4.57 Å². The van der Waals surface area contributed by atoms with Gasteiger partial charge in [0.2, 0.25) is 0 Å². The standard InChI is InChI=1S/C21H25N5/c1-2-6-20(7-3-1)21-23-9-10-26(21)16-15-24-11-13-25(14-12-24)18-19-5-4-8-22-17-19/h1-10,17H,11-16,18H2. The molecule has 0 atom stereocenters. The van der Waals surface area contributed by atoms with Gasteiger partial charge >= 0.3 is 0 Å². The van der Waals surface area contributed by atoms with Crippen LogP contribution in [0.15, 0.2) is 67.3 Å². The Morgan fingerprint density at radius 2 is 1.62 bits per heavy atom. The van der Waals surface area contributed by atoms with Gasteiger partial charge in [-0.25, -0.2) is 4.98 Å². The zero-order valence-corrected chi connectivity index (χ0v) is 15.0. The van der Waals surface area contributed by atoms with Crippen LogP contribution >= 0.6 is 0 Å². The van der Waals surface area contributed by atoms with Gasteiger partial charge in [0, 0.05) is 76.2 Å². The summed E-state index contributed by atoms with van der Waals surface area (Å²) in [5.74, 6) is 1.06. The number of nitrogens with zero attached hydrogens (tertiary/aromatic N) is 5. The van der Waals surface area contributed by atoms with E-state index in [4.69, 9.17) is 0 Å². The first-order chi connectivity index (χ1) is 12.9. The summed E-state index contributed by atoms with van der Waals surface area (Å²) < 4.78 is 2.26. The average Bonchev–Trinajstić information content (AvgIpc) is 3.18. The summed E-state index contributed by atoms with van der Waals surface area (Å²) in [6.07, 6.45) is 7.78. The maximum Gasteiger partial charge on any atom is 0.139 e. The summed E-state index contributed by atoms with van der Waals surface area (Å²) in [4.78, 5) is 13.8. The van der Waals surface area contributed by atoms with E-state index in [1.807, 2.05) is 30.7 Å². The summed E-state index contributed by atoms with van der Waals surface area (Å²) in [5.41, 5.74) is 2.48. The first kappa shape index (κ1) is 16.9. The van der Waals surface area contributed by atoms with Gasteiger partial charge in [0.15, 0.2) is 0 Å². The summed E-state index contributed by atoms with van der Waals surface area (Å²) in [5, 5.41) is 0. The maximum absolute atomic E-state index is 4.54. The number of piperazine rings is 1. The second kappa shape index (κ2) is 8.25. The highest BCUT2D eigenvalue weighted by molar-refractivity contribution is 5.55. The Kier molecular flexibility index (Phi) is 5.38. The molecule has 0 aliphatic carbocycles. The Labute approximate surface area is 154 Å². The van der Waals surface area contributed by atoms with Gasteiger partial charge in [-0.05, 0) is 11.6 Å². The Balaban J connectivity index is 1.28. The lowest BCUT2D eigenvalue weighted by Crippen LogP contribution is -2.46. The van der Waals surface area contributed by atoms with Crippen LogP contribution in [0.3, 0.4) is 0 Å². The lowest BCUT2D eigenvalue weighted by molar-refractivity contribution is 0.124. The van der Waals surface area contributed by atoms with Gasteiger partial charge in [-0.1, -0.05) is 36.4 Å². The van der Waals surface area contributed by atoms with Crippen molar-refractivity contribution in [1.82, 2.24) is 24.3 Å². The van der Waals surface area contributed by atoms with Crippen LogP contribution in [-0.4, -0.2) is 57.1 Å². The molecule has 1 aromatic carbocycles. The summed E-state index contributed by atoms with van der Waals surface area (Å²) in [6.45, 7) is 7.52. The third-order valence-electron chi connectivity index (χ3n) is 5.00. The quantitative estimate of drug-likeness (QED) is 0.687. The Hall–Kier alpha value is -2.50. The molecule has 4 rings (SSSR count). The van der Waals surface area contributed by atoms with Gasteiger partial charge in [0.05, 0.1) is 0 Å². The van der Waals surface area contributed by atoms with E-state index in [1.54, 1.807) is 0 Å². The largest absolute Gasteiger partial charge is 0.330 e. The Morgan fingerprint density at radius 1 is 0.808 bits per heavy atom. The van der Waals surface area contributed by atoms with E-state index in [1.165, 1.54) is 11.1 Å². The van der Waals surface area contributed by atoms with Gasteiger partial charge in [0.25, 0.3) is 0 Å². The van der Waals surface area contributed by atoms with Gasteiger partial charge in [0.1, 0.15) is 5.82 Å². The minimum Gasteiger partial charge on any atom is -0.330 e. The number of imidazole rings is 1. The third kappa shape index (κ3) is 4.18. The van der Waals surface area contributed by atoms with Crippen LogP contribution in [0.4, 0.5) is 0 Å². The second-order valence-corrected chi connectivity index (χ2v) is 6.79. The minimum absolute atomic E-state index is 0.979. The number of hydrogen-bond acceptors (Lipinski definition) is 4. The monoisotopic (exact) mass is 347 g/mol. The fourth-order valence-electron chi connectivity index (χ4n) is 3.51. The predicted molar refractivity (Wildman–Crippen MR) is 104 cm³/mol. The molecule has 1 saturated heterocycles. The fraction of sp³-hybridized carbons (Fsp3) is 0.333. The highest BCUT2D eigenvalue weighted by atomic mass is 15.3. The zero-order chi connectivity index (χ0) is 17.6. The highest BCUT2D eigenvalue weighted by Crippen LogP contribution is 2.17. The van der Waals surface area contributed by atoms with Crippen molar-refractivity contribution in [2.75, 3.05) is 32.7 Å². The number of pyridine rings is 1. The van der Waals surface area contributed by atoms with Crippen molar-refractivity contribution in [3.8, 4) is 11.4 Å². The molecule has 1 aliphatic rings. The van der Waals surface area contributed by atoms with E-state index in [-0.39, 0.29) is 0 Å². The molecule has 26 heavy (non-hydrogen) atoms. The number of aromatic nitrogens is 3. The molecule has 0 saturated carbocycles. The van der Waals surface area contributed by atoms with E-state index in [0.29, 0.717) is 0 Å². The SMILES string of the molecule is c1ccc(-c2nccn2CCN2CCN(Cc3cccnc3)CC2)cc1. The molecule has 1 fully saturated rings. The van der Waals surface area contributed by atoms with Crippen molar-refractivity contribution >= 4 is 0 Å². The lowest BCUT2D eigenvalue weighted by atomic mass is 10.2. The van der Waals surface area contributed by atoms with Crippen molar-refractivity contribution in [2.24, 2.45) is 0 Å². The molecule has 0 bridgehead atoms. The fourth-order valence-corrected chi connectivity index (χ4v) is 3.51. The van der Waals surface area contributed by atoms with E-state index in [9.17, 15) is 0 Å². The van der Waals surface area contributed by atoms with Crippen molar-refractivity contribution in [3.63, 3.8) is 0 Å². The second-order valence-electron chi connectivity index (χ2n) is 6.79. The molecule has 3 heterocycles. The van der Waals surface area contributed by atoms with E-state index in [0.717, 1.165) is 51.6 Å². The van der Waals surface area contributed by atoms with Crippen LogP contribution in [0.5, 0.6) is 0 Å². The summed E-state index contributed by atoms with van der Waals surface area (Å²) >= 11 is 0. The predicted octanol–water partition coefficient (Wildman–Crippen LogP) is 2.76. The number of rotatable bonds is 6. The van der Waals surface area contributed by atoms with Crippen molar-refractivity contribution in [2.45, 2.75) is 13.1 Å². The molecule has 0 radical (unpaired) electrons. The van der Waals surface area contributed by atoms with Crippen molar-refractivity contribution in [3.05, 3.63) is 72.8 Å². The molecule has 1 aliphatic heterocycles. The van der Waals surface area contributed by atoms with E-state index < -0.39 is 0 Å². The molecule has 0 unspecified atom stereocenters. The molecule has 0 amide bonds. The van der Waals surface area contributed by atoms with E-state index in [2.05, 4.69) is 60.9 Å². The van der Waals surface area contributed by atoms with Crippen molar-refractivity contribution in [1.29, 1.82) is 0 Å². The van der Waals surface area contributed by atoms with Crippen LogP contribution in [0.2, 0.25) is 0 Å². The van der Waals surface area contributed by atoms with Crippen LogP contribution in [0.25, 0.3) is 11.4 Å². The van der Waals surface area contributed by atoms with Crippen LogP contribution in [0.1, 0.15) is 5.56 Å². The van der Waals surface area contributed by atoms with Gasteiger partial charge in [-0.3, -0.25) is 14.8 Å². The Morgan fingerprint density at radius 3 is 2.38 bits per heavy atom. The highest BCUT2D eigenvalue weighted by Gasteiger charge is 2.17. The molecule has 5 nitrogen and oxygen atoms in total. The number of benzene rings is 1. The summed E-state index contributed by atoms with van der Waals surface area (Å²) in [7, 11) is 0. The van der Waals surface area contributed by atoms with Crippen LogP contribution in [-0.2, 0) is 13.1 Å². The minimum atomic E-state index is 0.979. The molecule has 3 aromatic rings. The van der Waals surface area contributed by atoms with E-state index >= 15 is 0 Å². The molecular weight excluding hydrogens is 322 g/mol. The van der Waals surface area contributed by atoms with Crippen molar-refractivity contribution < 1.29 is 0 Å².